The zero-order valence-corrected chi connectivity index (χ0v) is 20.4. The fourth-order valence-corrected chi connectivity index (χ4v) is 4.91. The molecule has 2 aliphatic heterocycles. The van der Waals surface area contributed by atoms with Gasteiger partial charge in [0.05, 0.1) is 23.2 Å². The zero-order chi connectivity index (χ0) is 28.7. The van der Waals surface area contributed by atoms with E-state index in [0.29, 0.717) is 12.3 Å². The largest absolute Gasteiger partial charge is 0.490 e. The highest BCUT2D eigenvalue weighted by Crippen LogP contribution is 2.46. The van der Waals surface area contributed by atoms with Gasteiger partial charge < -0.3 is 19.8 Å². The maximum atomic E-state index is 12.5. The van der Waals surface area contributed by atoms with Crippen LogP contribution >= 0.6 is 11.8 Å². The Hall–Kier alpha value is -3.34. The van der Waals surface area contributed by atoms with E-state index in [0.717, 1.165) is 31.0 Å². The standard InChI is InChI=1S/C17H20N4O2S.2C2HF3O2/c1-20-15(5-7-19-20)16(22)21-11-17(12-21)8-14(10-24-17)23-9-13-4-2-3-6-18-13;2*3-2(4,5)1(6)7/h2-7,14H,8-12H2,1H3;2*(H,6,7). The molecule has 210 valence electrons. The van der Waals surface area contributed by atoms with Gasteiger partial charge in [0.1, 0.15) is 5.69 Å². The number of halogens is 6. The van der Waals surface area contributed by atoms with Crippen molar-refractivity contribution in [3.8, 4) is 0 Å². The van der Waals surface area contributed by atoms with Gasteiger partial charge in [-0.15, -0.1) is 11.8 Å². The summed E-state index contributed by atoms with van der Waals surface area (Å²) >= 11 is 1.94. The van der Waals surface area contributed by atoms with Crippen LogP contribution in [0.2, 0.25) is 0 Å². The molecule has 38 heavy (non-hydrogen) atoms. The van der Waals surface area contributed by atoms with Crippen LogP contribution in [0.15, 0.2) is 36.7 Å². The number of carboxylic acid groups (broad SMARTS) is 2. The summed E-state index contributed by atoms with van der Waals surface area (Å²) in [6, 6.07) is 7.64. The Morgan fingerprint density at radius 1 is 1.05 bits per heavy atom. The first-order chi connectivity index (χ1) is 17.5. The molecule has 0 aliphatic carbocycles. The summed E-state index contributed by atoms with van der Waals surface area (Å²) < 4.78 is 71.3. The van der Waals surface area contributed by atoms with Crippen LogP contribution in [0.4, 0.5) is 26.3 Å². The Balaban J connectivity index is 0.000000301. The number of amides is 1. The number of hydrogen-bond acceptors (Lipinski definition) is 7. The summed E-state index contributed by atoms with van der Waals surface area (Å²) in [6.45, 7) is 2.15. The highest BCUT2D eigenvalue weighted by Gasteiger charge is 2.51. The molecule has 2 aliphatic rings. The van der Waals surface area contributed by atoms with E-state index in [1.54, 1.807) is 30.2 Å². The molecular weight excluding hydrogens is 550 g/mol. The van der Waals surface area contributed by atoms with Gasteiger partial charge in [0.2, 0.25) is 0 Å². The van der Waals surface area contributed by atoms with Crippen LogP contribution in [0.5, 0.6) is 0 Å². The number of alkyl halides is 6. The molecule has 17 heteroatoms. The van der Waals surface area contributed by atoms with Crippen molar-refractivity contribution in [1.82, 2.24) is 19.7 Å². The zero-order valence-electron chi connectivity index (χ0n) is 19.6. The molecule has 2 N–H and O–H groups in total. The second-order valence-corrected chi connectivity index (χ2v) is 9.55. The number of thioether (sulfide) groups is 1. The predicted molar refractivity (Wildman–Crippen MR) is 119 cm³/mol. The summed E-state index contributed by atoms with van der Waals surface area (Å²) in [7, 11) is 1.80. The summed E-state index contributed by atoms with van der Waals surface area (Å²) in [6.07, 6.45) is -5.47. The van der Waals surface area contributed by atoms with Crippen LogP contribution in [-0.2, 0) is 28.0 Å². The molecule has 0 radical (unpaired) electrons. The van der Waals surface area contributed by atoms with Gasteiger partial charge in [0.15, 0.2) is 0 Å². The molecule has 0 bridgehead atoms. The molecule has 4 heterocycles. The molecule has 1 amide bonds. The molecule has 10 nitrogen and oxygen atoms in total. The lowest BCUT2D eigenvalue weighted by Gasteiger charge is -2.47. The van der Waals surface area contributed by atoms with Crippen molar-refractivity contribution in [2.75, 3.05) is 18.8 Å². The quantitative estimate of drug-likeness (QED) is 0.530. The molecule has 2 aromatic rings. The van der Waals surface area contributed by atoms with Gasteiger partial charge in [-0.05, 0) is 24.6 Å². The van der Waals surface area contributed by atoms with E-state index in [-0.39, 0.29) is 16.8 Å². The Labute approximate surface area is 215 Å². The maximum absolute atomic E-state index is 12.5. The van der Waals surface area contributed by atoms with E-state index in [1.165, 1.54) is 0 Å². The lowest BCUT2D eigenvalue weighted by atomic mass is 9.92. The lowest BCUT2D eigenvalue weighted by molar-refractivity contribution is -0.193. The molecule has 2 saturated heterocycles. The minimum atomic E-state index is -5.08. The molecule has 2 fully saturated rings. The van der Waals surface area contributed by atoms with E-state index in [1.807, 2.05) is 34.9 Å². The average Bonchev–Trinajstić information content (AvgIpc) is 3.43. The van der Waals surface area contributed by atoms with Crippen LogP contribution in [-0.4, -0.2) is 89.8 Å². The molecule has 1 spiro atoms. The van der Waals surface area contributed by atoms with Crippen molar-refractivity contribution in [3.63, 3.8) is 0 Å². The fourth-order valence-electron chi connectivity index (χ4n) is 3.36. The third-order valence-corrected chi connectivity index (χ3v) is 6.71. The van der Waals surface area contributed by atoms with Gasteiger partial charge >= 0.3 is 24.3 Å². The average molecular weight is 572 g/mol. The number of carbonyl (C=O) groups is 3. The summed E-state index contributed by atoms with van der Waals surface area (Å²) in [4.78, 5) is 36.4. The third-order valence-electron chi connectivity index (χ3n) is 5.14. The van der Waals surface area contributed by atoms with Crippen molar-refractivity contribution in [1.29, 1.82) is 0 Å². The molecule has 4 rings (SSSR count). The van der Waals surface area contributed by atoms with E-state index < -0.39 is 24.3 Å². The number of carbonyl (C=O) groups excluding carboxylic acids is 1. The number of aliphatic carboxylic acids is 2. The molecule has 0 aromatic carbocycles. The van der Waals surface area contributed by atoms with Gasteiger partial charge in [-0.1, -0.05) is 6.07 Å². The minimum Gasteiger partial charge on any atom is -0.475 e. The van der Waals surface area contributed by atoms with E-state index in [9.17, 15) is 31.1 Å². The number of nitrogens with zero attached hydrogens (tertiary/aromatic N) is 4. The molecule has 1 atom stereocenters. The minimum absolute atomic E-state index is 0.0686. The topological polar surface area (TPSA) is 135 Å². The maximum Gasteiger partial charge on any atom is 0.490 e. The summed E-state index contributed by atoms with van der Waals surface area (Å²) in [5.74, 6) is -4.46. The van der Waals surface area contributed by atoms with Crippen LogP contribution in [0.1, 0.15) is 22.6 Å². The Kier molecular flexibility index (Phi) is 10.1. The van der Waals surface area contributed by atoms with Gasteiger partial charge in [0.25, 0.3) is 5.91 Å². The second-order valence-electron chi connectivity index (χ2n) is 8.06. The predicted octanol–water partition coefficient (Wildman–Crippen LogP) is 3.00. The van der Waals surface area contributed by atoms with Gasteiger partial charge in [-0.2, -0.15) is 31.4 Å². The monoisotopic (exact) mass is 572 g/mol. The Morgan fingerprint density at radius 3 is 2.08 bits per heavy atom. The second kappa shape index (κ2) is 12.5. The van der Waals surface area contributed by atoms with E-state index in [4.69, 9.17) is 24.5 Å². The normalized spacial score (nSPS) is 18.0. The van der Waals surface area contributed by atoms with Crippen molar-refractivity contribution in [2.45, 2.75) is 36.2 Å². The van der Waals surface area contributed by atoms with E-state index >= 15 is 0 Å². The number of aryl methyl sites for hydroxylation is 1. The molecule has 0 saturated carbocycles. The molecule has 2 aromatic heterocycles. The highest BCUT2D eigenvalue weighted by atomic mass is 32.2. The van der Waals surface area contributed by atoms with E-state index in [2.05, 4.69) is 10.1 Å². The molecule has 1 unspecified atom stereocenters. The first-order valence-electron chi connectivity index (χ1n) is 10.6. The number of pyridine rings is 1. The number of likely N-dealkylation sites (tertiary alicyclic amines) is 1. The first-order valence-corrected chi connectivity index (χ1v) is 11.6. The number of ether oxygens (including phenoxy) is 1. The number of rotatable bonds is 4. The van der Waals surface area contributed by atoms with Gasteiger partial charge in [-0.3, -0.25) is 14.5 Å². The first kappa shape index (κ1) is 30.9. The van der Waals surface area contributed by atoms with Crippen molar-refractivity contribution in [3.05, 3.63) is 48.0 Å². The van der Waals surface area contributed by atoms with Gasteiger partial charge in [0, 0.05) is 38.3 Å². The summed E-state index contributed by atoms with van der Waals surface area (Å²) in [5.41, 5.74) is 1.61. The fraction of sp³-hybridized carbons (Fsp3) is 0.476. The van der Waals surface area contributed by atoms with Crippen LogP contribution in [0.3, 0.4) is 0 Å². The highest BCUT2D eigenvalue weighted by molar-refractivity contribution is 8.01. The number of aromatic nitrogens is 3. The smallest absolute Gasteiger partial charge is 0.475 e. The SMILES string of the molecule is Cn1nccc1C(=O)N1CC2(CC(OCc3ccccn3)CS2)C1.O=C(O)C(F)(F)F.O=C(O)C(F)(F)F. The molecular formula is C21H22F6N4O6S. The van der Waals surface area contributed by atoms with Crippen LogP contribution in [0, 0.1) is 0 Å². The van der Waals surface area contributed by atoms with Gasteiger partial charge in [-0.25, -0.2) is 9.59 Å². The Morgan fingerprint density at radius 2 is 1.63 bits per heavy atom. The number of hydrogen-bond donors (Lipinski definition) is 2. The van der Waals surface area contributed by atoms with Crippen molar-refractivity contribution >= 4 is 29.6 Å². The third kappa shape index (κ3) is 8.90. The van der Waals surface area contributed by atoms with Crippen molar-refractivity contribution in [2.24, 2.45) is 7.05 Å². The summed E-state index contributed by atoms with van der Waals surface area (Å²) in [5, 5.41) is 18.3. The van der Waals surface area contributed by atoms with Crippen molar-refractivity contribution < 1.29 is 55.7 Å². The number of carboxylic acids is 2. The lowest BCUT2D eigenvalue weighted by Crippen LogP contribution is -2.61. The van der Waals surface area contributed by atoms with Crippen LogP contribution < -0.4 is 0 Å². The van der Waals surface area contributed by atoms with Crippen LogP contribution in [0.25, 0.3) is 0 Å². The Bertz CT molecular complexity index is 1080.